The summed E-state index contributed by atoms with van der Waals surface area (Å²) in [5, 5.41) is 8.74. The van der Waals surface area contributed by atoms with Gasteiger partial charge in [0.2, 0.25) is 0 Å². The van der Waals surface area contributed by atoms with Crippen molar-refractivity contribution < 1.29 is 9.90 Å². The Labute approximate surface area is 126 Å². The number of rotatable bonds is 2. The van der Waals surface area contributed by atoms with E-state index in [1.807, 2.05) is 23.1 Å². The quantitative estimate of drug-likeness (QED) is 0.827. The Balaban J connectivity index is 2.14. The zero-order chi connectivity index (χ0) is 15.4. The standard InChI is InChI=1S/C17H22N2O2/c1-13-11-19(12-16(13)18(2)3)17(21)15-8-4-6-14(10-15)7-5-9-20/h4,6,8,10,13,16,20H,9,11-12H2,1-3H3. The zero-order valence-corrected chi connectivity index (χ0v) is 12.8. The number of carbonyl (C=O) groups is 1. The van der Waals surface area contributed by atoms with E-state index in [1.54, 1.807) is 6.07 Å². The smallest absolute Gasteiger partial charge is 0.253 e. The number of aliphatic hydroxyl groups is 1. The Bertz CT molecular complexity index is 572. The number of carbonyl (C=O) groups excluding carboxylic acids is 1. The van der Waals surface area contributed by atoms with E-state index in [9.17, 15) is 4.79 Å². The molecule has 4 nitrogen and oxygen atoms in total. The van der Waals surface area contributed by atoms with Gasteiger partial charge in [-0.15, -0.1) is 0 Å². The van der Waals surface area contributed by atoms with Gasteiger partial charge in [0.05, 0.1) is 0 Å². The maximum absolute atomic E-state index is 12.6. The monoisotopic (exact) mass is 286 g/mol. The second kappa shape index (κ2) is 6.75. The number of likely N-dealkylation sites (tertiary alicyclic amines) is 1. The molecule has 0 radical (unpaired) electrons. The molecule has 4 heteroatoms. The average molecular weight is 286 g/mol. The molecule has 0 aromatic heterocycles. The molecule has 1 amide bonds. The number of nitrogens with zero attached hydrogens (tertiary/aromatic N) is 2. The van der Waals surface area contributed by atoms with Gasteiger partial charge in [-0.2, -0.15) is 0 Å². The summed E-state index contributed by atoms with van der Waals surface area (Å²) in [5.74, 6) is 5.97. The van der Waals surface area contributed by atoms with Crippen LogP contribution in [0.3, 0.4) is 0 Å². The highest BCUT2D eigenvalue weighted by Gasteiger charge is 2.33. The minimum atomic E-state index is -0.174. The maximum Gasteiger partial charge on any atom is 0.253 e. The maximum atomic E-state index is 12.6. The SMILES string of the molecule is CC1CN(C(=O)c2cccc(C#CCO)c2)CC1N(C)C. The van der Waals surface area contributed by atoms with Crippen molar-refractivity contribution in [2.45, 2.75) is 13.0 Å². The van der Waals surface area contributed by atoms with E-state index in [1.165, 1.54) is 0 Å². The van der Waals surface area contributed by atoms with E-state index in [0.717, 1.165) is 18.7 Å². The topological polar surface area (TPSA) is 43.8 Å². The van der Waals surface area contributed by atoms with Gasteiger partial charge < -0.3 is 14.9 Å². The second-order valence-corrected chi connectivity index (χ2v) is 5.76. The molecule has 1 aliphatic heterocycles. The second-order valence-electron chi connectivity index (χ2n) is 5.76. The van der Waals surface area contributed by atoms with Crippen LogP contribution < -0.4 is 0 Å². The first-order valence-electron chi connectivity index (χ1n) is 7.18. The fourth-order valence-electron chi connectivity index (χ4n) is 2.84. The molecule has 1 heterocycles. The number of likely N-dealkylation sites (N-methyl/N-ethyl adjacent to an activating group) is 1. The van der Waals surface area contributed by atoms with Crippen LogP contribution in [0, 0.1) is 17.8 Å². The Hall–Kier alpha value is -1.83. The van der Waals surface area contributed by atoms with Crippen LogP contribution in [0.5, 0.6) is 0 Å². The highest BCUT2D eigenvalue weighted by atomic mass is 16.2. The van der Waals surface area contributed by atoms with E-state index in [0.29, 0.717) is 17.5 Å². The number of aliphatic hydroxyl groups excluding tert-OH is 1. The fourth-order valence-corrected chi connectivity index (χ4v) is 2.84. The van der Waals surface area contributed by atoms with Crippen molar-refractivity contribution in [1.29, 1.82) is 0 Å². The van der Waals surface area contributed by atoms with Crippen LogP contribution in [0.2, 0.25) is 0 Å². The molecule has 2 atom stereocenters. The van der Waals surface area contributed by atoms with Gasteiger partial charge in [-0.05, 0) is 38.2 Å². The van der Waals surface area contributed by atoms with Crippen molar-refractivity contribution in [1.82, 2.24) is 9.80 Å². The van der Waals surface area contributed by atoms with Crippen LogP contribution in [-0.4, -0.2) is 60.6 Å². The third-order valence-corrected chi connectivity index (χ3v) is 3.94. The summed E-state index contributed by atoms with van der Waals surface area (Å²) in [6.45, 7) is 3.56. The molecule has 1 aromatic rings. The van der Waals surface area contributed by atoms with E-state index >= 15 is 0 Å². The molecule has 1 fully saturated rings. The van der Waals surface area contributed by atoms with Gasteiger partial charge in [-0.1, -0.05) is 24.8 Å². The van der Waals surface area contributed by atoms with E-state index in [4.69, 9.17) is 5.11 Å². The highest BCUT2D eigenvalue weighted by molar-refractivity contribution is 5.94. The van der Waals surface area contributed by atoms with Crippen molar-refractivity contribution in [2.24, 2.45) is 5.92 Å². The lowest BCUT2D eigenvalue weighted by atomic mass is 10.1. The lowest BCUT2D eigenvalue weighted by Gasteiger charge is -2.22. The molecular weight excluding hydrogens is 264 g/mol. The van der Waals surface area contributed by atoms with Crippen molar-refractivity contribution in [3.05, 3.63) is 35.4 Å². The van der Waals surface area contributed by atoms with Crippen LogP contribution in [-0.2, 0) is 0 Å². The lowest BCUT2D eigenvalue weighted by molar-refractivity contribution is 0.0781. The summed E-state index contributed by atoms with van der Waals surface area (Å²) in [4.78, 5) is 16.7. The van der Waals surface area contributed by atoms with E-state index in [2.05, 4.69) is 37.8 Å². The Kier molecular flexibility index (Phi) is 5.00. The van der Waals surface area contributed by atoms with Crippen molar-refractivity contribution >= 4 is 5.91 Å². The molecule has 1 saturated heterocycles. The summed E-state index contributed by atoms with van der Waals surface area (Å²) < 4.78 is 0. The summed E-state index contributed by atoms with van der Waals surface area (Å²) >= 11 is 0. The van der Waals surface area contributed by atoms with Crippen LogP contribution >= 0.6 is 0 Å². The number of hydrogen-bond acceptors (Lipinski definition) is 3. The van der Waals surface area contributed by atoms with Crippen LogP contribution in [0.1, 0.15) is 22.8 Å². The Morgan fingerprint density at radius 2 is 2.19 bits per heavy atom. The predicted octanol–water partition coefficient (Wildman–Crippen LogP) is 1.05. The van der Waals surface area contributed by atoms with Gasteiger partial charge in [-0.25, -0.2) is 0 Å². The van der Waals surface area contributed by atoms with Gasteiger partial charge in [0.15, 0.2) is 0 Å². The molecule has 2 rings (SSSR count). The molecule has 112 valence electrons. The molecular formula is C17H22N2O2. The van der Waals surface area contributed by atoms with Crippen molar-refractivity contribution in [2.75, 3.05) is 33.8 Å². The summed E-state index contributed by atoms with van der Waals surface area (Å²) in [6, 6.07) is 7.69. The van der Waals surface area contributed by atoms with Gasteiger partial charge in [0, 0.05) is 30.3 Å². The highest BCUT2D eigenvalue weighted by Crippen LogP contribution is 2.22. The minimum absolute atomic E-state index is 0.0545. The van der Waals surface area contributed by atoms with E-state index in [-0.39, 0.29) is 12.5 Å². The first kappa shape index (κ1) is 15.6. The molecule has 2 unspecified atom stereocenters. The van der Waals surface area contributed by atoms with Gasteiger partial charge >= 0.3 is 0 Å². The summed E-state index contributed by atoms with van der Waals surface area (Å²) in [7, 11) is 4.11. The molecule has 0 bridgehead atoms. The number of hydrogen-bond donors (Lipinski definition) is 1. The Morgan fingerprint density at radius 3 is 2.81 bits per heavy atom. The fraction of sp³-hybridized carbons (Fsp3) is 0.471. The van der Waals surface area contributed by atoms with Crippen LogP contribution in [0.15, 0.2) is 24.3 Å². The molecule has 0 spiro atoms. The average Bonchev–Trinajstić information content (AvgIpc) is 2.87. The first-order valence-corrected chi connectivity index (χ1v) is 7.18. The first-order chi connectivity index (χ1) is 10.0. The van der Waals surface area contributed by atoms with Crippen LogP contribution in [0.25, 0.3) is 0 Å². The van der Waals surface area contributed by atoms with Gasteiger partial charge in [0.25, 0.3) is 5.91 Å². The summed E-state index contributed by atoms with van der Waals surface area (Å²) in [5.41, 5.74) is 1.41. The number of benzene rings is 1. The summed E-state index contributed by atoms with van der Waals surface area (Å²) in [6.07, 6.45) is 0. The zero-order valence-electron chi connectivity index (χ0n) is 12.8. The number of amides is 1. The van der Waals surface area contributed by atoms with Gasteiger partial charge in [-0.3, -0.25) is 4.79 Å². The Morgan fingerprint density at radius 1 is 1.43 bits per heavy atom. The molecule has 1 aromatic carbocycles. The van der Waals surface area contributed by atoms with Crippen molar-refractivity contribution in [3.63, 3.8) is 0 Å². The molecule has 1 N–H and O–H groups in total. The minimum Gasteiger partial charge on any atom is -0.384 e. The normalized spacial score (nSPS) is 21.3. The molecule has 21 heavy (non-hydrogen) atoms. The van der Waals surface area contributed by atoms with Crippen molar-refractivity contribution in [3.8, 4) is 11.8 Å². The largest absolute Gasteiger partial charge is 0.384 e. The molecule has 0 aliphatic carbocycles. The molecule has 1 aliphatic rings. The lowest BCUT2D eigenvalue weighted by Crippen LogP contribution is -2.35. The van der Waals surface area contributed by atoms with E-state index < -0.39 is 0 Å². The third-order valence-electron chi connectivity index (χ3n) is 3.94. The van der Waals surface area contributed by atoms with Crippen LogP contribution in [0.4, 0.5) is 0 Å². The molecule has 0 saturated carbocycles. The predicted molar refractivity (Wildman–Crippen MR) is 82.9 cm³/mol. The van der Waals surface area contributed by atoms with Gasteiger partial charge in [0.1, 0.15) is 6.61 Å². The third kappa shape index (κ3) is 3.63.